The minimum absolute atomic E-state index is 0.0190. The summed E-state index contributed by atoms with van der Waals surface area (Å²) < 4.78 is 18.3. The molecule has 2 aliphatic heterocycles. The Kier molecular flexibility index (Phi) is 3.10. The van der Waals surface area contributed by atoms with Crippen molar-refractivity contribution in [1.82, 2.24) is 0 Å². The fourth-order valence-corrected chi connectivity index (χ4v) is 2.50. The molecule has 1 unspecified atom stereocenters. The zero-order valence-electron chi connectivity index (χ0n) is 10.6. The molecule has 20 heavy (non-hydrogen) atoms. The summed E-state index contributed by atoms with van der Waals surface area (Å²) in [6.07, 6.45) is 0.630. The van der Waals surface area contributed by atoms with Crippen molar-refractivity contribution < 1.29 is 23.5 Å². The van der Waals surface area contributed by atoms with E-state index in [9.17, 15) is 18.8 Å². The average Bonchev–Trinajstić information content (AvgIpc) is 3.03. The summed E-state index contributed by atoms with van der Waals surface area (Å²) >= 11 is 0. The zero-order chi connectivity index (χ0) is 14.3. The number of anilines is 1. The van der Waals surface area contributed by atoms with Crippen LogP contribution in [0.15, 0.2) is 18.2 Å². The Bertz CT molecular complexity index is 607. The van der Waals surface area contributed by atoms with Crippen molar-refractivity contribution in [2.24, 2.45) is 5.92 Å². The quantitative estimate of drug-likeness (QED) is 0.772. The van der Waals surface area contributed by atoms with E-state index in [4.69, 9.17) is 4.74 Å². The van der Waals surface area contributed by atoms with E-state index in [-0.39, 0.29) is 23.8 Å². The number of Topliss-reactive ketones (excluding diaryl/α,β-unsaturated/α-hetero) is 2. The van der Waals surface area contributed by atoms with Gasteiger partial charge in [0.15, 0.2) is 5.78 Å². The van der Waals surface area contributed by atoms with Crippen molar-refractivity contribution in [2.45, 2.75) is 6.42 Å². The van der Waals surface area contributed by atoms with Crippen LogP contribution in [0.3, 0.4) is 0 Å². The van der Waals surface area contributed by atoms with E-state index in [1.54, 1.807) is 0 Å². The summed E-state index contributed by atoms with van der Waals surface area (Å²) in [5, 5.41) is 0. The molecular weight excluding hydrogens is 265 g/mol. The van der Waals surface area contributed by atoms with E-state index in [0.29, 0.717) is 25.3 Å². The molecule has 1 aromatic rings. The lowest BCUT2D eigenvalue weighted by Gasteiger charge is -2.17. The van der Waals surface area contributed by atoms with Gasteiger partial charge in [0.25, 0.3) is 11.7 Å². The fraction of sp³-hybridized carbons (Fsp3) is 0.357. The van der Waals surface area contributed by atoms with Crippen LogP contribution < -0.4 is 4.90 Å². The molecular formula is C14H12FNO4. The van der Waals surface area contributed by atoms with Crippen molar-refractivity contribution in [3.63, 3.8) is 0 Å². The van der Waals surface area contributed by atoms with Crippen LogP contribution in [0.25, 0.3) is 0 Å². The number of nitrogens with zero attached hydrogens (tertiary/aromatic N) is 1. The van der Waals surface area contributed by atoms with Crippen molar-refractivity contribution in [3.8, 4) is 0 Å². The van der Waals surface area contributed by atoms with Gasteiger partial charge in [-0.2, -0.15) is 0 Å². The first kappa shape index (κ1) is 12.9. The van der Waals surface area contributed by atoms with Crippen LogP contribution in [0.5, 0.6) is 0 Å². The Morgan fingerprint density at radius 1 is 1.40 bits per heavy atom. The number of halogens is 1. The van der Waals surface area contributed by atoms with E-state index in [0.717, 1.165) is 11.0 Å². The van der Waals surface area contributed by atoms with E-state index in [1.807, 2.05) is 0 Å². The monoisotopic (exact) mass is 277 g/mol. The number of ketones is 2. The standard InChI is InChI=1S/C14H12FNO4/c15-9-1-2-11-10(5-9)13(18)14(19)16(11)6-12(17)8-3-4-20-7-8/h1-2,5,8H,3-4,6-7H2. The number of ether oxygens (including phenoxy) is 1. The third-order valence-corrected chi connectivity index (χ3v) is 3.63. The number of fused-ring (bicyclic) bond motifs is 1. The van der Waals surface area contributed by atoms with Crippen LogP contribution in [-0.4, -0.2) is 37.2 Å². The lowest BCUT2D eigenvalue weighted by molar-refractivity contribution is -0.123. The highest BCUT2D eigenvalue weighted by molar-refractivity contribution is 6.52. The van der Waals surface area contributed by atoms with Gasteiger partial charge in [-0.1, -0.05) is 0 Å². The van der Waals surface area contributed by atoms with Crippen molar-refractivity contribution in [3.05, 3.63) is 29.6 Å². The van der Waals surface area contributed by atoms with Crippen molar-refractivity contribution >= 4 is 23.2 Å². The van der Waals surface area contributed by atoms with Crippen LogP contribution in [0, 0.1) is 11.7 Å². The Morgan fingerprint density at radius 2 is 2.20 bits per heavy atom. The molecule has 1 amide bonds. The first-order valence-corrected chi connectivity index (χ1v) is 6.34. The highest BCUT2D eigenvalue weighted by Gasteiger charge is 2.38. The first-order valence-electron chi connectivity index (χ1n) is 6.34. The highest BCUT2D eigenvalue weighted by atomic mass is 19.1. The zero-order valence-corrected chi connectivity index (χ0v) is 10.6. The lowest BCUT2D eigenvalue weighted by atomic mass is 10.0. The molecule has 2 heterocycles. The normalized spacial score (nSPS) is 21.4. The maximum Gasteiger partial charge on any atom is 0.299 e. The molecule has 0 radical (unpaired) electrons. The van der Waals surface area contributed by atoms with Crippen LogP contribution in [0.4, 0.5) is 10.1 Å². The molecule has 2 aliphatic rings. The molecule has 0 aliphatic carbocycles. The number of hydrogen-bond donors (Lipinski definition) is 0. The van der Waals surface area contributed by atoms with Gasteiger partial charge in [0, 0.05) is 12.5 Å². The lowest BCUT2D eigenvalue weighted by Crippen LogP contribution is -2.37. The van der Waals surface area contributed by atoms with E-state index < -0.39 is 17.5 Å². The molecule has 6 heteroatoms. The maximum atomic E-state index is 13.1. The molecule has 1 atom stereocenters. The largest absolute Gasteiger partial charge is 0.381 e. The van der Waals surface area contributed by atoms with Gasteiger partial charge >= 0.3 is 0 Å². The molecule has 0 saturated carbocycles. The third kappa shape index (κ3) is 2.02. The predicted octanol–water partition coefficient (Wildman–Crippen LogP) is 0.961. The molecule has 0 aromatic heterocycles. The van der Waals surface area contributed by atoms with Gasteiger partial charge in [-0.05, 0) is 24.6 Å². The molecule has 104 valence electrons. The van der Waals surface area contributed by atoms with Crippen molar-refractivity contribution in [2.75, 3.05) is 24.7 Å². The van der Waals surface area contributed by atoms with Gasteiger partial charge in [0.2, 0.25) is 0 Å². The summed E-state index contributed by atoms with van der Waals surface area (Å²) in [4.78, 5) is 36.9. The minimum Gasteiger partial charge on any atom is -0.381 e. The topological polar surface area (TPSA) is 63.7 Å². The van der Waals surface area contributed by atoms with Gasteiger partial charge in [-0.15, -0.1) is 0 Å². The van der Waals surface area contributed by atoms with Crippen LogP contribution in [-0.2, 0) is 14.3 Å². The van der Waals surface area contributed by atoms with Gasteiger partial charge in [-0.3, -0.25) is 19.3 Å². The number of hydrogen-bond acceptors (Lipinski definition) is 4. The van der Waals surface area contributed by atoms with E-state index >= 15 is 0 Å². The average molecular weight is 277 g/mol. The molecule has 0 bridgehead atoms. The Morgan fingerprint density at radius 3 is 2.90 bits per heavy atom. The van der Waals surface area contributed by atoms with Gasteiger partial charge in [0.1, 0.15) is 5.82 Å². The van der Waals surface area contributed by atoms with Crippen molar-refractivity contribution in [1.29, 1.82) is 0 Å². The fourth-order valence-electron chi connectivity index (χ4n) is 2.50. The smallest absolute Gasteiger partial charge is 0.299 e. The molecule has 3 rings (SSSR count). The van der Waals surface area contributed by atoms with Crippen LogP contribution >= 0.6 is 0 Å². The summed E-state index contributed by atoms with van der Waals surface area (Å²) in [7, 11) is 0. The number of carbonyl (C=O) groups is 3. The SMILES string of the molecule is O=C1C(=O)N(CC(=O)C2CCOC2)c2ccc(F)cc21. The number of benzene rings is 1. The Balaban J connectivity index is 1.85. The first-order chi connectivity index (χ1) is 9.58. The Labute approximate surface area is 114 Å². The predicted molar refractivity (Wildman–Crippen MR) is 67.0 cm³/mol. The van der Waals surface area contributed by atoms with E-state index in [1.165, 1.54) is 12.1 Å². The number of carbonyl (C=O) groups excluding carboxylic acids is 3. The van der Waals surface area contributed by atoms with Gasteiger partial charge in [0.05, 0.1) is 24.4 Å². The second-order valence-corrected chi connectivity index (χ2v) is 4.91. The number of amides is 1. The molecule has 0 N–H and O–H groups in total. The second kappa shape index (κ2) is 4.79. The molecule has 0 spiro atoms. The second-order valence-electron chi connectivity index (χ2n) is 4.91. The molecule has 1 fully saturated rings. The summed E-state index contributed by atoms with van der Waals surface area (Å²) in [6.45, 7) is 0.716. The molecule has 1 saturated heterocycles. The van der Waals surface area contributed by atoms with E-state index in [2.05, 4.69) is 0 Å². The Hall–Kier alpha value is -2.08. The van der Waals surface area contributed by atoms with Crippen LogP contribution in [0.2, 0.25) is 0 Å². The van der Waals surface area contributed by atoms with Crippen LogP contribution in [0.1, 0.15) is 16.8 Å². The number of rotatable bonds is 3. The molecule has 1 aromatic carbocycles. The third-order valence-electron chi connectivity index (χ3n) is 3.63. The minimum atomic E-state index is -0.780. The van der Waals surface area contributed by atoms with Gasteiger partial charge in [-0.25, -0.2) is 4.39 Å². The van der Waals surface area contributed by atoms with Gasteiger partial charge < -0.3 is 4.74 Å². The maximum absolute atomic E-state index is 13.1. The summed E-state index contributed by atoms with van der Waals surface area (Å²) in [6, 6.07) is 3.55. The summed E-state index contributed by atoms with van der Waals surface area (Å²) in [5.74, 6) is -2.50. The summed E-state index contributed by atoms with van der Waals surface area (Å²) in [5.41, 5.74) is 0.319. The highest BCUT2D eigenvalue weighted by Crippen LogP contribution is 2.30. The molecule has 5 nitrogen and oxygen atoms in total.